The first-order valence-electron chi connectivity index (χ1n) is 9.76. The van der Waals surface area contributed by atoms with Crippen molar-refractivity contribution in [3.8, 4) is 0 Å². The monoisotopic (exact) mass is 416 g/mol. The van der Waals surface area contributed by atoms with E-state index in [-0.39, 0.29) is 16.8 Å². The molecule has 1 heterocycles. The topological polar surface area (TPSA) is 90.5 Å². The highest BCUT2D eigenvalue weighted by atomic mass is 32.2. The van der Waals surface area contributed by atoms with Crippen LogP contribution in [-0.4, -0.2) is 46.5 Å². The van der Waals surface area contributed by atoms with Crippen LogP contribution in [-0.2, 0) is 10.0 Å². The van der Waals surface area contributed by atoms with Crippen LogP contribution in [0.1, 0.15) is 29.8 Å². The van der Waals surface area contributed by atoms with Crippen molar-refractivity contribution in [2.75, 3.05) is 35.8 Å². The van der Waals surface area contributed by atoms with E-state index in [1.165, 1.54) is 0 Å². The molecule has 0 atom stereocenters. The van der Waals surface area contributed by atoms with E-state index >= 15 is 0 Å². The van der Waals surface area contributed by atoms with Gasteiger partial charge in [0.1, 0.15) is 0 Å². The zero-order valence-corrected chi connectivity index (χ0v) is 17.8. The maximum absolute atomic E-state index is 13.0. The summed E-state index contributed by atoms with van der Waals surface area (Å²) in [5.41, 5.74) is 2.57. The summed E-state index contributed by atoms with van der Waals surface area (Å²) in [4.78, 5) is 14.8. The van der Waals surface area contributed by atoms with Gasteiger partial charge in [-0.15, -0.1) is 0 Å². The molecule has 0 aromatic heterocycles. The highest BCUT2D eigenvalue weighted by Gasteiger charge is 2.21. The van der Waals surface area contributed by atoms with Gasteiger partial charge in [-0.3, -0.25) is 9.52 Å². The second-order valence-corrected chi connectivity index (χ2v) is 9.20. The number of nitrogens with zero attached hydrogens (tertiary/aromatic N) is 1. The lowest BCUT2D eigenvalue weighted by Crippen LogP contribution is -2.43. The van der Waals surface area contributed by atoms with Crippen molar-refractivity contribution in [3.63, 3.8) is 0 Å². The van der Waals surface area contributed by atoms with Crippen molar-refractivity contribution in [2.24, 2.45) is 0 Å². The van der Waals surface area contributed by atoms with Gasteiger partial charge in [-0.25, -0.2) is 8.42 Å². The van der Waals surface area contributed by atoms with E-state index in [4.69, 9.17) is 0 Å². The summed E-state index contributed by atoms with van der Waals surface area (Å²) >= 11 is 0. The molecule has 7 nitrogen and oxygen atoms in total. The third kappa shape index (κ3) is 5.27. The molecule has 1 aliphatic rings. The number of nitrogens with one attached hydrogen (secondary N) is 3. The Labute approximate surface area is 172 Å². The number of rotatable bonds is 6. The number of aryl methyl sites for hydroxylation is 1. The predicted octanol–water partition coefficient (Wildman–Crippen LogP) is 2.34. The largest absolute Gasteiger partial charge is 0.367 e. The lowest BCUT2D eigenvalue weighted by molar-refractivity contribution is 0.0943. The van der Waals surface area contributed by atoms with Gasteiger partial charge in [-0.05, 0) is 51.1 Å². The maximum atomic E-state index is 13.0. The Bertz CT molecular complexity index is 966. The first kappa shape index (κ1) is 21.1. The number of sulfonamides is 1. The lowest BCUT2D eigenvalue weighted by Gasteiger charge is -2.31. The third-order valence-corrected chi connectivity index (χ3v) is 6.09. The number of carbonyl (C=O) groups is 1. The van der Waals surface area contributed by atoms with E-state index in [0.29, 0.717) is 11.3 Å². The van der Waals surface area contributed by atoms with Crippen LogP contribution in [0.4, 0.5) is 11.4 Å². The zero-order valence-electron chi connectivity index (χ0n) is 17.0. The Balaban J connectivity index is 1.98. The van der Waals surface area contributed by atoms with E-state index in [1.807, 2.05) is 26.8 Å². The molecule has 0 bridgehead atoms. The van der Waals surface area contributed by atoms with Crippen LogP contribution < -0.4 is 20.3 Å². The van der Waals surface area contributed by atoms with E-state index in [0.717, 1.165) is 37.4 Å². The fraction of sp³-hybridized carbons (Fsp3) is 0.381. The fourth-order valence-corrected chi connectivity index (χ4v) is 4.27. The van der Waals surface area contributed by atoms with E-state index in [1.54, 1.807) is 36.4 Å². The number of carbonyl (C=O) groups excluding carboxylic acids is 1. The van der Waals surface area contributed by atoms with Gasteiger partial charge < -0.3 is 15.5 Å². The Morgan fingerprint density at radius 2 is 1.72 bits per heavy atom. The molecule has 156 valence electrons. The van der Waals surface area contributed by atoms with Gasteiger partial charge >= 0.3 is 0 Å². The van der Waals surface area contributed by atoms with Crippen molar-refractivity contribution >= 4 is 27.3 Å². The molecule has 0 radical (unpaired) electrons. The summed E-state index contributed by atoms with van der Waals surface area (Å²) < 4.78 is 28.6. The quantitative estimate of drug-likeness (QED) is 0.673. The number of benzene rings is 2. The molecular weight excluding hydrogens is 388 g/mol. The molecule has 0 unspecified atom stereocenters. The number of anilines is 2. The minimum atomic E-state index is -3.78. The van der Waals surface area contributed by atoms with Gasteiger partial charge in [-0.1, -0.05) is 17.7 Å². The average molecular weight is 417 g/mol. The molecule has 3 N–H and O–H groups in total. The number of hydrogen-bond donors (Lipinski definition) is 3. The molecule has 8 heteroatoms. The zero-order chi connectivity index (χ0) is 21.0. The van der Waals surface area contributed by atoms with Crippen molar-refractivity contribution in [2.45, 2.75) is 31.7 Å². The maximum Gasteiger partial charge on any atom is 0.261 e. The van der Waals surface area contributed by atoms with Crippen molar-refractivity contribution in [3.05, 3.63) is 53.6 Å². The first-order chi connectivity index (χ1) is 13.8. The third-order valence-electron chi connectivity index (χ3n) is 4.71. The molecular formula is C21H28N4O3S. The van der Waals surface area contributed by atoms with Crippen LogP contribution in [0.15, 0.2) is 47.4 Å². The van der Waals surface area contributed by atoms with Crippen molar-refractivity contribution in [1.82, 2.24) is 10.6 Å². The number of hydrogen-bond acceptors (Lipinski definition) is 5. The van der Waals surface area contributed by atoms with Gasteiger partial charge in [0.05, 0.1) is 16.3 Å². The molecule has 0 spiro atoms. The summed E-state index contributed by atoms with van der Waals surface area (Å²) in [6.07, 6.45) is 0. The summed E-state index contributed by atoms with van der Waals surface area (Å²) in [6, 6.07) is 11.8. The summed E-state index contributed by atoms with van der Waals surface area (Å²) in [6.45, 7) is 8.83. The Morgan fingerprint density at radius 1 is 1.07 bits per heavy atom. The number of piperazine rings is 1. The van der Waals surface area contributed by atoms with E-state index in [2.05, 4.69) is 20.3 Å². The summed E-state index contributed by atoms with van der Waals surface area (Å²) in [5.74, 6) is -0.234. The van der Waals surface area contributed by atoms with Crippen LogP contribution >= 0.6 is 0 Å². The van der Waals surface area contributed by atoms with Gasteiger partial charge in [-0.2, -0.15) is 0 Å². The highest BCUT2D eigenvalue weighted by Crippen LogP contribution is 2.30. The first-order valence-corrected chi connectivity index (χ1v) is 11.2. The van der Waals surface area contributed by atoms with E-state index < -0.39 is 10.0 Å². The van der Waals surface area contributed by atoms with Crippen LogP contribution in [0.25, 0.3) is 0 Å². The molecule has 1 fully saturated rings. The van der Waals surface area contributed by atoms with Gasteiger partial charge in [0, 0.05) is 37.8 Å². The van der Waals surface area contributed by atoms with Crippen LogP contribution in [0.3, 0.4) is 0 Å². The molecule has 1 amide bonds. The highest BCUT2D eigenvalue weighted by molar-refractivity contribution is 7.92. The molecule has 0 aliphatic carbocycles. The van der Waals surface area contributed by atoms with E-state index in [9.17, 15) is 13.2 Å². The smallest absolute Gasteiger partial charge is 0.261 e. The molecule has 0 saturated carbocycles. The second-order valence-electron chi connectivity index (χ2n) is 7.52. The summed E-state index contributed by atoms with van der Waals surface area (Å²) in [7, 11) is -3.78. The molecule has 2 aromatic carbocycles. The molecule has 1 aliphatic heterocycles. The average Bonchev–Trinajstić information content (AvgIpc) is 2.68. The number of amides is 1. The molecule has 2 aromatic rings. The van der Waals surface area contributed by atoms with Crippen LogP contribution in [0.5, 0.6) is 0 Å². The van der Waals surface area contributed by atoms with Crippen LogP contribution in [0.2, 0.25) is 0 Å². The van der Waals surface area contributed by atoms with Crippen molar-refractivity contribution < 1.29 is 13.2 Å². The predicted molar refractivity (Wildman–Crippen MR) is 116 cm³/mol. The van der Waals surface area contributed by atoms with Crippen LogP contribution in [0, 0.1) is 6.92 Å². The van der Waals surface area contributed by atoms with Gasteiger partial charge in [0.15, 0.2) is 0 Å². The fourth-order valence-electron chi connectivity index (χ4n) is 3.21. The van der Waals surface area contributed by atoms with Crippen molar-refractivity contribution in [1.29, 1.82) is 0 Å². The SMILES string of the molecule is Cc1ccc(S(=O)(=O)Nc2cc(C(=O)NC(C)C)ccc2N2CCNCC2)cc1. The van der Waals surface area contributed by atoms with Gasteiger partial charge in [0.25, 0.3) is 15.9 Å². The summed E-state index contributed by atoms with van der Waals surface area (Å²) in [5, 5.41) is 6.14. The molecule has 29 heavy (non-hydrogen) atoms. The molecule has 1 saturated heterocycles. The Morgan fingerprint density at radius 3 is 2.34 bits per heavy atom. The Kier molecular flexibility index (Phi) is 6.44. The standard InChI is InChI=1S/C21H28N4O3S/c1-15(2)23-21(26)17-6-9-20(25-12-10-22-11-13-25)19(14-17)24-29(27,28)18-7-4-16(3)5-8-18/h4-9,14-15,22,24H,10-13H2,1-3H3,(H,23,26). The molecule has 3 rings (SSSR count). The minimum absolute atomic E-state index is 0.0111. The van der Waals surface area contributed by atoms with Gasteiger partial charge in [0.2, 0.25) is 0 Å². The Hall–Kier alpha value is -2.58. The normalized spacial score (nSPS) is 14.7. The lowest BCUT2D eigenvalue weighted by atomic mass is 10.1. The minimum Gasteiger partial charge on any atom is -0.367 e. The second kappa shape index (κ2) is 8.84.